The molecule has 1 unspecified atom stereocenters. The first-order valence-corrected chi connectivity index (χ1v) is 4.16. The van der Waals surface area contributed by atoms with Crippen molar-refractivity contribution in [3.63, 3.8) is 0 Å². The fourth-order valence-corrected chi connectivity index (χ4v) is 1.15. The van der Waals surface area contributed by atoms with Gasteiger partial charge in [-0.25, -0.2) is 0 Å². The minimum absolute atomic E-state index is 0.0562. The van der Waals surface area contributed by atoms with Crippen LogP contribution in [0.1, 0.15) is 18.4 Å². The molecule has 0 spiro atoms. The van der Waals surface area contributed by atoms with Crippen molar-refractivity contribution in [1.29, 1.82) is 0 Å². The summed E-state index contributed by atoms with van der Waals surface area (Å²) in [5.74, 6) is -1.24. The van der Waals surface area contributed by atoms with Crippen LogP contribution in [0.2, 0.25) is 0 Å². The minimum atomic E-state index is -0.967. The van der Waals surface area contributed by atoms with Crippen molar-refractivity contribution in [2.24, 2.45) is 0 Å². The average molecular weight is 196 g/mol. The Bertz CT molecular complexity index is 346. The largest absolute Gasteiger partial charge is 0.508 e. The number of carboxylic acid groups (broad SMARTS) is 1. The van der Waals surface area contributed by atoms with Gasteiger partial charge in [0.2, 0.25) is 0 Å². The zero-order valence-electron chi connectivity index (χ0n) is 8.02. The highest BCUT2D eigenvalue weighted by atomic mass is 16.5. The predicted octanol–water partition coefficient (Wildman–Crippen LogP) is 1.59. The quantitative estimate of drug-likeness (QED) is 0.770. The lowest BCUT2D eigenvalue weighted by Crippen LogP contribution is -2.07. The van der Waals surface area contributed by atoms with Crippen LogP contribution in [0.4, 0.5) is 0 Å². The summed E-state index contributed by atoms with van der Waals surface area (Å²) in [5, 5.41) is 18.2. The van der Waals surface area contributed by atoms with Gasteiger partial charge in [0.25, 0.3) is 0 Å². The molecule has 4 heteroatoms. The third-order valence-corrected chi connectivity index (χ3v) is 2.07. The summed E-state index contributed by atoms with van der Waals surface area (Å²) < 4.78 is 4.88. The lowest BCUT2D eigenvalue weighted by molar-refractivity contribution is -0.138. The molecule has 14 heavy (non-hydrogen) atoms. The summed E-state index contributed by atoms with van der Waals surface area (Å²) in [5.41, 5.74) is 0.387. The molecule has 0 heterocycles. The molecule has 4 nitrogen and oxygen atoms in total. The van der Waals surface area contributed by atoms with E-state index in [-0.39, 0.29) is 5.75 Å². The van der Waals surface area contributed by atoms with E-state index in [1.807, 2.05) is 0 Å². The van der Waals surface area contributed by atoms with Crippen LogP contribution in [-0.2, 0) is 4.79 Å². The van der Waals surface area contributed by atoms with E-state index in [1.54, 1.807) is 12.1 Å². The van der Waals surface area contributed by atoms with Gasteiger partial charge in [0.1, 0.15) is 11.5 Å². The monoisotopic (exact) mass is 196 g/mol. The van der Waals surface area contributed by atoms with E-state index in [4.69, 9.17) is 9.84 Å². The Morgan fingerprint density at radius 2 is 2.14 bits per heavy atom. The fraction of sp³-hybridized carbons (Fsp3) is 0.300. The Morgan fingerprint density at radius 1 is 1.50 bits per heavy atom. The van der Waals surface area contributed by atoms with E-state index in [2.05, 4.69) is 0 Å². The molecule has 0 saturated heterocycles. The summed E-state index contributed by atoms with van der Waals surface area (Å²) in [6.45, 7) is 1.52. The van der Waals surface area contributed by atoms with Gasteiger partial charge in [-0.1, -0.05) is 6.07 Å². The molecular weight excluding hydrogens is 184 g/mol. The maximum atomic E-state index is 10.7. The molecule has 0 aliphatic rings. The maximum absolute atomic E-state index is 10.7. The van der Waals surface area contributed by atoms with Crippen molar-refractivity contribution >= 4 is 5.97 Å². The molecule has 1 aromatic rings. The summed E-state index contributed by atoms with van der Waals surface area (Å²) in [7, 11) is 1.48. The fourth-order valence-electron chi connectivity index (χ4n) is 1.15. The summed E-state index contributed by atoms with van der Waals surface area (Å²) in [4.78, 5) is 10.7. The third kappa shape index (κ3) is 1.96. The summed E-state index contributed by atoms with van der Waals surface area (Å²) in [6, 6.07) is 4.57. The topological polar surface area (TPSA) is 66.8 Å². The zero-order chi connectivity index (χ0) is 10.7. The molecule has 0 amide bonds. The predicted molar refractivity (Wildman–Crippen MR) is 50.7 cm³/mol. The van der Waals surface area contributed by atoms with Crippen molar-refractivity contribution in [2.75, 3.05) is 7.11 Å². The van der Waals surface area contributed by atoms with Crippen molar-refractivity contribution in [3.05, 3.63) is 23.8 Å². The van der Waals surface area contributed by atoms with Crippen LogP contribution in [0.5, 0.6) is 11.5 Å². The molecule has 0 fully saturated rings. The zero-order valence-corrected chi connectivity index (χ0v) is 8.02. The second-order valence-corrected chi connectivity index (χ2v) is 2.98. The van der Waals surface area contributed by atoms with E-state index < -0.39 is 11.9 Å². The molecule has 1 rings (SSSR count). The molecule has 1 atom stereocenters. The Labute approximate surface area is 81.8 Å². The molecular formula is C10H12O4. The smallest absolute Gasteiger partial charge is 0.310 e. The molecule has 0 aliphatic heterocycles. The number of phenolic OH excluding ortho intramolecular Hbond substituents is 1. The number of rotatable bonds is 3. The number of aliphatic carboxylic acids is 1. The normalized spacial score (nSPS) is 12.1. The van der Waals surface area contributed by atoms with E-state index in [0.717, 1.165) is 0 Å². The second kappa shape index (κ2) is 4.00. The number of ether oxygens (including phenoxy) is 1. The van der Waals surface area contributed by atoms with Gasteiger partial charge in [-0.05, 0) is 13.0 Å². The van der Waals surface area contributed by atoms with Crippen molar-refractivity contribution in [1.82, 2.24) is 0 Å². The number of benzene rings is 1. The molecule has 76 valence electrons. The van der Waals surface area contributed by atoms with Crippen molar-refractivity contribution in [3.8, 4) is 11.5 Å². The van der Waals surface area contributed by atoms with Crippen LogP contribution >= 0.6 is 0 Å². The van der Waals surface area contributed by atoms with Crippen LogP contribution in [0.15, 0.2) is 18.2 Å². The van der Waals surface area contributed by atoms with Crippen LogP contribution in [0.25, 0.3) is 0 Å². The van der Waals surface area contributed by atoms with Gasteiger partial charge in [0.15, 0.2) is 0 Å². The molecule has 0 bridgehead atoms. The summed E-state index contributed by atoms with van der Waals surface area (Å²) in [6.07, 6.45) is 0. The van der Waals surface area contributed by atoms with E-state index >= 15 is 0 Å². The lowest BCUT2D eigenvalue weighted by Gasteiger charge is -2.09. The molecule has 0 aromatic heterocycles. The lowest BCUT2D eigenvalue weighted by atomic mass is 10.0. The molecule has 1 aromatic carbocycles. The molecule has 0 aliphatic carbocycles. The standard InChI is InChI=1S/C10H12O4/c1-6(10(12)13)8-4-3-7(14-2)5-9(8)11/h3-6,11H,1-2H3,(H,12,13). The number of hydrogen-bond donors (Lipinski definition) is 2. The Morgan fingerprint density at radius 3 is 2.57 bits per heavy atom. The molecule has 2 N–H and O–H groups in total. The van der Waals surface area contributed by atoms with Gasteiger partial charge < -0.3 is 14.9 Å². The summed E-state index contributed by atoms with van der Waals surface area (Å²) >= 11 is 0. The number of carbonyl (C=O) groups is 1. The average Bonchev–Trinajstić information content (AvgIpc) is 2.16. The van der Waals surface area contributed by atoms with Gasteiger partial charge in [0, 0.05) is 11.6 Å². The van der Waals surface area contributed by atoms with Gasteiger partial charge in [-0.3, -0.25) is 4.79 Å². The number of phenols is 1. The third-order valence-electron chi connectivity index (χ3n) is 2.07. The van der Waals surface area contributed by atoms with Crippen LogP contribution < -0.4 is 4.74 Å². The minimum Gasteiger partial charge on any atom is -0.508 e. The van der Waals surface area contributed by atoms with Crippen LogP contribution in [0.3, 0.4) is 0 Å². The van der Waals surface area contributed by atoms with Gasteiger partial charge in [-0.2, -0.15) is 0 Å². The van der Waals surface area contributed by atoms with Crippen LogP contribution in [0, 0.1) is 0 Å². The number of hydrogen-bond acceptors (Lipinski definition) is 3. The number of methoxy groups -OCH3 is 1. The van der Waals surface area contributed by atoms with Crippen LogP contribution in [-0.4, -0.2) is 23.3 Å². The highest BCUT2D eigenvalue weighted by molar-refractivity contribution is 5.76. The molecule has 0 saturated carbocycles. The Balaban J connectivity index is 3.05. The SMILES string of the molecule is COc1ccc(C(C)C(=O)O)c(O)c1. The van der Waals surface area contributed by atoms with E-state index in [9.17, 15) is 9.90 Å². The van der Waals surface area contributed by atoms with Gasteiger partial charge in [-0.15, -0.1) is 0 Å². The Kier molecular flexibility index (Phi) is 2.96. The van der Waals surface area contributed by atoms with E-state index in [1.165, 1.54) is 20.1 Å². The molecule has 0 radical (unpaired) electrons. The number of carboxylic acids is 1. The van der Waals surface area contributed by atoms with Gasteiger partial charge in [0.05, 0.1) is 13.0 Å². The first-order valence-electron chi connectivity index (χ1n) is 4.16. The van der Waals surface area contributed by atoms with Crippen molar-refractivity contribution in [2.45, 2.75) is 12.8 Å². The number of aromatic hydroxyl groups is 1. The maximum Gasteiger partial charge on any atom is 0.310 e. The second-order valence-electron chi connectivity index (χ2n) is 2.98. The van der Waals surface area contributed by atoms with Crippen molar-refractivity contribution < 1.29 is 19.7 Å². The highest BCUT2D eigenvalue weighted by Crippen LogP contribution is 2.29. The van der Waals surface area contributed by atoms with E-state index in [0.29, 0.717) is 11.3 Å². The first-order chi connectivity index (χ1) is 6.56. The Hall–Kier alpha value is -1.71. The first kappa shape index (κ1) is 10.4. The highest BCUT2D eigenvalue weighted by Gasteiger charge is 2.17. The van der Waals surface area contributed by atoms with Gasteiger partial charge >= 0.3 is 5.97 Å².